The van der Waals surface area contributed by atoms with E-state index >= 15 is 0 Å². The van der Waals surface area contributed by atoms with Crippen LogP contribution in [0.3, 0.4) is 0 Å². The van der Waals surface area contributed by atoms with Crippen molar-refractivity contribution in [2.45, 2.75) is 13.3 Å². The van der Waals surface area contributed by atoms with Crippen LogP contribution in [0.2, 0.25) is 0 Å². The molecule has 3 aromatic heterocycles. The third-order valence-electron chi connectivity index (χ3n) is 14.4. The lowest BCUT2D eigenvalue weighted by atomic mass is 9.94. The summed E-state index contributed by atoms with van der Waals surface area (Å²) in [6, 6.07) is 78.4. The molecule has 0 radical (unpaired) electrons. The van der Waals surface area contributed by atoms with Crippen molar-refractivity contribution in [3.63, 3.8) is 0 Å². The molecule has 1 unspecified atom stereocenters. The maximum absolute atomic E-state index is 5.37. The fourth-order valence-electron chi connectivity index (χ4n) is 11.1. The Kier molecular flexibility index (Phi) is 9.49. The van der Waals surface area contributed by atoms with Crippen molar-refractivity contribution in [2.75, 3.05) is 0 Å². The molecule has 5 heteroatoms. The van der Waals surface area contributed by atoms with E-state index in [-0.39, 0.29) is 0 Å². The number of para-hydroxylation sites is 1. The molecule has 14 rings (SSSR count). The lowest BCUT2D eigenvalue weighted by Gasteiger charge is -2.17. The molecule has 10 aromatic carbocycles. The number of allylic oxidation sites excluding steroid dienone is 4. The third kappa shape index (κ3) is 6.80. The van der Waals surface area contributed by atoms with Gasteiger partial charge in [0.15, 0.2) is 17.5 Å². The molecular formula is C66H45N5. The summed E-state index contributed by atoms with van der Waals surface area (Å²) in [5, 5.41) is 9.57. The number of aromatic nitrogens is 5. The van der Waals surface area contributed by atoms with Gasteiger partial charge in [-0.2, -0.15) is 0 Å². The molecule has 0 bridgehead atoms. The van der Waals surface area contributed by atoms with Crippen LogP contribution in [0.15, 0.2) is 237 Å². The van der Waals surface area contributed by atoms with Gasteiger partial charge in [0.05, 0.1) is 22.1 Å². The van der Waals surface area contributed by atoms with E-state index in [1.165, 1.54) is 60.2 Å². The molecule has 0 amide bonds. The van der Waals surface area contributed by atoms with Crippen molar-refractivity contribution in [3.05, 3.63) is 237 Å². The van der Waals surface area contributed by atoms with Crippen molar-refractivity contribution in [1.82, 2.24) is 24.1 Å². The van der Waals surface area contributed by atoms with E-state index in [1.54, 1.807) is 0 Å². The SMILES string of the molecule is CC1C=CC(n2c3cc4c(cc3c3c5ccccc5c(-c5ccccc5)cc32)c2ccccc2n4-c2cc(-c3nc(-c4ccccc4)nc(-c4cccc(-c5ccccc5)c4)n3)c3ccccc3c2)=CC1. The van der Waals surface area contributed by atoms with Crippen LogP contribution in [0.25, 0.3) is 133 Å². The molecule has 13 aromatic rings. The summed E-state index contributed by atoms with van der Waals surface area (Å²) in [7, 11) is 0. The van der Waals surface area contributed by atoms with Crippen LogP contribution in [-0.2, 0) is 0 Å². The molecule has 0 saturated carbocycles. The third-order valence-corrected chi connectivity index (χ3v) is 14.4. The fraction of sp³-hybridized carbons (Fsp3) is 0.0455. The van der Waals surface area contributed by atoms with Gasteiger partial charge in [-0.15, -0.1) is 0 Å². The Morgan fingerprint density at radius 3 is 1.75 bits per heavy atom. The number of benzene rings is 10. The summed E-state index contributed by atoms with van der Waals surface area (Å²) >= 11 is 0. The maximum Gasteiger partial charge on any atom is 0.164 e. The van der Waals surface area contributed by atoms with Crippen LogP contribution in [0.5, 0.6) is 0 Å². The van der Waals surface area contributed by atoms with Crippen LogP contribution in [-0.4, -0.2) is 24.1 Å². The van der Waals surface area contributed by atoms with E-state index < -0.39 is 0 Å². The Labute approximate surface area is 411 Å². The monoisotopic (exact) mass is 907 g/mol. The van der Waals surface area contributed by atoms with E-state index in [0.29, 0.717) is 23.4 Å². The van der Waals surface area contributed by atoms with Crippen LogP contribution >= 0.6 is 0 Å². The average Bonchev–Trinajstić information content (AvgIpc) is 3.95. The standard InChI is InChI=1S/C66H45N5/c1-42-32-34-49(35-33-42)70-61-41-60-56(39-58(61)63-54-30-14-13-28-52(54)55(40-62(63)70)44-20-7-3-8-21-44)53-29-15-16-31-59(53)71(60)50-37-47-24-11-12-27-51(47)57(38-50)66-68-64(45-22-9-4-10-23-45)67-65(69-66)48-26-17-25-46(36-48)43-18-5-2-6-19-43/h2-32,34-42H,33H2,1H3. The Balaban J connectivity index is 1.04. The van der Waals surface area contributed by atoms with Gasteiger partial charge in [-0.05, 0) is 105 Å². The zero-order valence-corrected chi connectivity index (χ0v) is 39.0. The minimum Gasteiger partial charge on any atom is -0.309 e. The molecule has 0 aliphatic heterocycles. The first kappa shape index (κ1) is 40.8. The normalized spacial score (nSPS) is 13.8. The number of hydrogen-bond acceptors (Lipinski definition) is 3. The van der Waals surface area contributed by atoms with Gasteiger partial charge in [0.25, 0.3) is 0 Å². The number of hydrogen-bond donors (Lipinski definition) is 0. The van der Waals surface area contributed by atoms with Crippen LogP contribution in [0.4, 0.5) is 0 Å². The quantitative estimate of drug-likeness (QED) is 0.160. The summed E-state index contributed by atoms with van der Waals surface area (Å²) in [6.07, 6.45) is 8.08. The summed E-state index contributed by atoms with van der Waals surface area (Å²) < 4.78 is 4.97. The van der Waals surface area contributed by atoms with Crippen molar-refractivity contribution in [3.8, 4) is 62.1 Å². The first-order chi connectivity index (χ1) is 35.1. The van der Waals surface area contributed by atoms with Gasteiger partial charge >= 0.3 is 0 Å². The predicted octanol–water partition coefficient (Wildman–Crippen LogP) is 17.2. The predicted molar refractivity (Wildman–Crippen MR) is 297 cm³/mol. The molecule has 3 heterocycles. The molecule has 0 N–H and O–H groups in total. The topological polar surface area (TPSA) is 48.5 Å². The molecular weight excluding hydrogens is 863 g/mol. The van der Waals surface area contributed by atoms with Crippen LogP contribution < -0.4 is 0 Å². The van der Waals surface area contributed by atoms with Crippen LogP contribution in [0.1, 0.15) is 13.3 Å². The van der Waals surface area contributed by atoms with Gasteiger partial charge in [0.1, 0.15) is 0 Å². The molecule has 5 nitrogen and oxygen atoms in total. The summed E-state index contributed by atoms with van der Waals surface area (Å²) in [6.45, 7) is 2.29. The Morgan fingerprint density at radius 1 is 0.380 bits per heavy atom. The summed E-state index contributed by atoms with van der Waals surface area (Å²) in [4.78, 5) is 15.9. The zero-order valence-electron chi connectivity index (χ0n) is 39.0. The highest BCUT2D eigenvalue weighted by Gasteiger charge is 2.24. The van der Waals surface area contributed by atoms with E-state index in [0.717, 1.165) is 61.7 Å². The molecule has 71 heavy (non-hydrogen) atoms. The van der Waals surface area contributed by atoms with E-state index in [4.69, 9.17) is 15.0 Å². The van der Waals surface area contributed by atoms with E-state index in [1.807, 2.05) is 24.3 Å². The van der Waals surface area contributed by atoms with Gasteiger partial charge in [0, 0.05) is 49.6 Å². The summed E-state index contributed by atoms with van der Waals surface area (Å²) in [5.74, 6) is 2.34. The largest absolute Gasteiger partial charge is 0.309 e. The van der Waals surface area contributed by atoms with E-state index in [2.05, 4.69) is 228 Å². The van der Waals surface area contributed by atoms with Crippen molar-refractivity contribution >= 4 is 70.9 Å². The average molecular weight is 908 g/mol. The second kappa shape index (κ2) is 16.5. The highest BCUT2D eigenvalue weighted by Crippen LogP contribution is 2.46. The van der Waals surface area contributed by atoms with Gasteiger partial charge in [-0.1, -0.05) is 195 Å². The highest BCUT2D eigenvalue weighted by molar-refractivity contribution is 6.28. The smallest absolute Gasteiger partial charge is 0.164 e. The summed E-state index contributed by atoms with van der Waals surface area (Å²) in [5.41, 5.74) is 14.3. The zero-order chi connectivity index (χ0) is 47.0. The van der Waals surface area contributed by atoms with Crippen molar-refractivity contribution in [2.24, 2.45) is 5.92 Å². The number of rotatable bonds is 7. The van der Waals surface area contributed by atoms with Crippen molar-refractivity contribution < 1.29 is 0 Å². The van der Waals surface area contributed by atoms with Gasteiger partial charge in [-0.25, -0.2) is 15.0 Å². The molecule has 0 fully saturated rings. The molecule has 1 aliphatic carbocycles. The second-order valence-electron chi connectivity index (χ2n) is 18.8. The lowest BCUT2D eigenvalue weighted by Crippen LogP contribution is -2.02. The van der Waals surface area contributed by atoms with E-state index in [9.17, 15) is 0 Å². The maximum atomic E-state index is 5.37. The molecule has 1 atom stereocenters. The first-order valence-corrected chi connectivity index (χ1v) is 24.5. The Bertz CT molecular complexity index is 4310. The minimum absolute atomic E-state index is 0.479. The second-order valence-corrected chi connectivity index (χ2v) is 18.8. The molecule has 334 valence electrons. The number of fused-ring (bicyclic) bond motifs is 9. The van der Waals surface area contributed by atoms with Gasteiger partial charge in [-0.3, -0.25) is 0 Å². The highest BCUT2D eigenvalue weighted by atomic mass is 15.0. The molecule has 1 aliphatic rings. The Hall–Kier alpha value is -9.19. The Morgan fingerprint density at radius 2 is 0.986 bits per heavy atom. The first-order valence-electron chi connectivity index (χ1n) is 24.5. The minimum atomic E-state index is 0.479. The van der Waals surface area contributed by atoms with Crippen LogP contribution in [0, 0.1) is 5.92 Å². The van der Waals surface area contributed by atoms with Gasteiger partial charge in [0.2, 0.25) is 0 Å². The fourth-order valence-corrected chi connectivity index (χ4v) is 11.1. The lowest BCUT2D eigenvalue weighted by molar-refractivity contribution is 0.735. The number of nitrogens with zero attached hydrogens (tertiary/aromatic N) is 5. The molecule has 0 spiro atoms. The van der Waals surface area contributed by atoms with Crippen molar-refractivity contribution in [1.29, 1.82) is 0 Å². The van der Waals surface area contributed by atoms with Gasteiger partial charge < -0.3 is 9.13 Å². The molecule has 0 saturated heterocycles.